The second-order valence-corrected chi connectivity index (χ2v) is 10.1. The SMILES string of the molecule is Cc1ccc(S(=O)(=O)Oc2ccc(CCN)cc2OS(=O)(=O)c2ccc(C)cc2)cc1. The van der Waals surface area contributed by atoms with Crippen molar-refractivity contribution in [1.29, 1.82) is 0 Å². The van der Waals surface area contributed by atoms with E-state index < -0.39 is 20.2 Å². The van der Waals surface area contributed by atoms with E-state index in [1.807, 2.05) is 13.8 Å². The van der Waals surface area contributed by atoms with Gasteiger partial charge in [-0.15, -0.1) is 0 Å². The first kappa shape index (κ1) is 22.8. The fourth-order valence-corrected chi connectivity index (χ4v) is 4.62. The van der Waals surface area contributed by atoms with Crippen LogP contribution in [0.1, 0.15) is 16.7 Å². The van der Waals surface area contributed by atoms with Crippen molar-refractivity contribution in [2.75, 3.05) is 6.54 Å². The van der Waals surface area contributed by atoms with E-state index in [0.29, 0.717) is 18.5 Å². The highest BCUT2D eigenvalue weighted by molar-refractivity contribution is 7.87. The Kier molecular flexibility index (Phi) is 6.68. The summed E-state index contributed by atoms with van der Waals surface area (Å²) in [5.74, 6) is -0.473. The number of aryl methyl sites for hydroxylation is 2. The number of nitrogens with two attached hydrogens (primary N) is 1. The predicted molar refractivity (Wildman–Crippen MR) is 117 cm³/mol. The Labute approximate surface area is 182 Å². The van der Waals surface area contributed by atoms with Crippen LogP contribution >= 0.6 is 0 Å². The molecule has 3 aromatic carbocycles. The highest BCUT2D eigenvalue weighted by Crippen LogP contribution is 2.33. The van der Waals surface area contributed by atoms with Crippen molar-refractivity contribution in [2.24, 2.45) is 5.73 Å². The molecule has 0 fully saturated rings. The zero-order valence-corrected chi connectivity index (χ0v) is 18.7. The van der Waals surface area contributed by atoms with Gasteiger partial charge in [0, 0.05) is 0 Å². The minimum Gasteiger partial charge on any atom is -0.375 e. The third kappa shape index (κ3) is 5.63. The Bertz CT molecular complexity index is 1270. The molecule has 7 nitrogen and oxygen atoms in total. The molecular formula is C22H23NO6S2. The molecule has 0 saturated carbocycles. The van der Waals surface area contributed by atoms with Crippen molar-refractivity contribution in [1.82, 2.24) is 0 Å². The Morgan fingerprint density at radius 2 is 1.13 bits per heavy atom. The van der Waals surface area contributed by atoms with Gasteiger partial charge in [0.15, 0.2) is 11.5 Å². The summed E-state index contributed by atoms with van der Waals surface area (Å²) in [7, 11) is -8.42. The van der Waals surface area contributed by atoms with E-state index in [9.17, 15) is 16.8 Å². The van der Waals surface area contributed by atoms with Crippen LogP contribution in [0.25, 0.3) is 0 Å². The van der Waals surface area contributed by atoms with Crippen molar-refractivity contribution in [2.45, 2.75) is 30.1 Å². The van der Waals surface area contributed by atoms with E-state index in [1.54, 1.807) is 30.3 Å². The van der Waals surface area contributed by atoms with Crippen LogP contribution in [0.3, 0.4) is 0 Å². The number of hydrogen-bond donors (Lipinski definition) is 1. The van der Waals surface area contributed by atoms with Crippen LogP contribution < -0.4 is 14.1 Å². The summed E-state index contributed by atoms with van der Waals surface area (Å²) in [6.07, 6.45) is 0.450. The first-order valence-corrected chi connectivity index (χ1v) is 12.3. The third-order valence-corrected chi connectivity index (χ3v) is 6.96. The molecule has 0 amide bonds. The largest absolute Gasteiger partial charge is 0.375 e. The lowest BCUT2D eigenvalue weighted by molar-refractivity contribution is 0.449. The fraction of sp³-hybridized carbons (Fsp3) is 0.182. The molecule has 0 aromatic heterocycles. The summed E-state index contributed by atoms with van der Waals surface area (Å²) in [4.78, 5) is -0.119. The van der Waals surface area contributed by atoms with Crippen molar-refractivity contribution in [3.8, 4) is 11.5 Å². The molecule has 3 rings (SSSR count). The molecule has 0 spiro atoms. The predicted octanol–water partition coefficient (Wildman–Crippen LogP) is 3.34. The molecule has 0 aliphatic carbocycles. The van der Waals surface area contributed by atoms with Crippen LogP contribution in [0.15, 0.2) is 76.5 Å². The number of rotatable bonds is 8. The molecule has 2 N–H and O–H groups in total. The lowest BCUT2D eigenvalue weighted by Gasteiger charge is -2.14. The topological polar surface area (TPSA) is 113 Å². The minimum atomic E-state index is -4.22. The van der Waals surface area contributed by atoms with Gasteiger partial charge in [0.25, 0.3) is 0 Å². The van der Waals surface area contributed by atoms with Gasteiger partial charge in [-0.2, -0.15) is 16.8 Å². The van der Waals surface area contributed by atoms with E-state index >= 15 is 0 Å². The molecular weight excluding hydrogens is 438 g/mol. The van der Waals surface area contributed by atoms with Gasteiger partial charge in [0.1, 0.15) is 9.79 Å². The minimum absolute atomic E-state index is 0.0588. The number of benzene rings is 3. The Morgan fingerprint density at radius 3 is 1.58 bits per heavy atom. The van der Waals surface area contributed by atoms with Crippen LogP contribution in [0, 0.1) is 13.8 Å². The first-order valence-electron chi connectivity index (χ1n) is 9.46. The second-order valence-electron chi connectivity index (χ2n) is 7.02. The zero-order valence-electron chi connectivity index (χ0n) is 17.1. The summed E-state index contributed by atoms with van der Waals surface area (Å²) < 4.78 is 61.4. The molecule has 0 aliphatic rings. The van der Waals surface area contributed by atoms with Gasteiger partial charge in [-0.3, -0.25) is 0 Å². The normalized spacial score (nSPS) is 11.8. The molecule has 0 aliphatic heterocycles. The first-order chi connectivity index (χ1) is 14.6. The van der Waals surface area contributed by atoms with E-state index in [4.69, 9.17) is 14.1 Å². The average molecular weight is 462 g/mol. The van der Waals surface area contributed by atoms with Gasteiger partial charge in [0.2, 0.25) is 0 Å². The Balaban J connectivity index is 1.99. The highest BCUT2D eigenvalue weighted by Gasteiger charge is 2.24. The van der Waals surface area contributed by atoms with E-state index in [0.717, 1.165) is 11.1 Å². The summed E-state index contributed by atoms with van der Waals surface area (Å²) in [5, 5.41) is 0. The quantitative estimate of drug-likeness (QED) is 0.512. The molecule has 0 bridgehead atoms. The number of hydrogen-bond acceptors (Lipinski definition) is 7. The molecule has 0 unspecified atom stereocenters. The summed E-state index contributed by atoms with van der Waals surface area (Å²) in [5.41, 5.74) is 8.04. The lowest BCUT2D eigenvalue weighted by Crippen LogP contribution is -2.14. The molecule has 164 valence electrons. The van der Waals surface area contributed by atoms with Crippen molar-refractivity contribution < 1.29 is 25.2 Å². The van der Waals surface area contributed by atoms with Gasteiger partial charge in [-0.25, -0.2) is 0 Å². The Morgan fingerprint density at radius 1 is 0.677 bits per heavy atom. The van der Waals surface area contributed by atoms with E-state index in [-0.39, 0.29) is 21.3 Å². The van der Waals surface area contributed by atoms with Crippen molar-refractivity contribution >= 4 is 20.2 Å². The standard InChI is InChI=1S/C22H23NO6S2/c1-16-3-8-19(9-4-16)30(24,25)28-21-12-7-18(13-14-23)15-22(21)29-31(26,27)20-10-5-17(2)6-11-20/h3-12,15H,13-14,23H2,1-2H3. The van der Waals surface area contributed by atoms with Crippen LogP contribution in [-0.4, -0.2) is 23.4 Å². The van der Waals surface area contributed by atoms with Gasteiger partial charge in [0.05, 0.1) is 0 Å². The molecule has 0 atom stereocenters. The highest BCUT2D eigenvalue weighted by atomic mass is 32.2. The van der Waals surface area contributed by atoms with Crippen LogP contribution in [0.5, 0.6) is 11.5 Å². The fourth-order valence-electron chi connectivity index (χ4n) is 2.75. The second kappa shape index (κ2) is 9.09. The van der Waals surface area contributed by atoms with Crippen LogP contribution in [-0.2, 0) is 26.7 Å². The maximum Gasteiger partial charge on any atom is 0.339 e. The maximum atomic E-state index is 12.8. The molecule has 0 saturated heterocycles. The summed E-state index contributed by atoms with van der Waals surface area (Å²) in [6, 6.07) is 16.6. The van der Waals surface area contributed by atoms with Crippen LogP contribution in [0.4, 0.5) is 0 Å². The molecule has 0 radical (unpaired) electrons. The van der Waals surface area contributed by atoms with Crippen molar-refractivity contribution in [3.05, 3.63) is 83.4 Å². The van der Waals surface area contributed by atoms with Gasteiger partial charge in [-0.05, 0) is 68.8 Å². The average Bonchev–Trinajstić information content (AvgIpc) is 2.70. The van der Waals surface area contributed by atoms with Gasteiger partial charge >= 0.3 is 20.2 Å². The molecule has 31 heavy (non-hydrogen) atoms. The van der Waals surface area contributed by atoms with Crippen LogP contribution in [0.2, 0.25) is 0 Å². The summed E-state index contributed by atoms with van der Waals surface area (Å²) in [6.45, 7) is 3.98. The maximum absolute atomic E-state index is 12.8. The van der Waals surface area contributed by atoms with E-state index in [1.165, 1.54) is 36.4 Å². The summed E-state index contributed by atoms with van der Waals surface area (Å²) >= 11 is 0. The van der Waals surface area contributed by atoms with Gasteiger partial charge in [-0.1, -0.05) is 41.5 Å². The van der Waals surface area contributed by atoms with E-state index in [2.05, 4.69) is 0 Å². The molecule has 9 heteroatoms. The third-order valence-electron chi connectivity index (χ3n) is 4.46. The molecule has 3 aromatic rings. The van der Waals surface area contributed by atoms with Crippen molar-refractivity contribution in [3.63, 3.8) is 0 Å². The molecule has 0 heterocycles. The van der Waals surface area contributed by atoms with Gasteiger partial charge < -0.3 is 14.1 Å². The smallest absolute Gasteiger partial charge is 0.339 e. The monoisotopic (exact) mass is 461 g/mol. The Hall–Kier alpha value is -2.88. The lowest BCUT2D eigenvalue weighted by atomic mass is 10.1. The zero-order chi connectivity index (χ0) is 22.6.